The van der Waals surface area contributed by atoms with E-state index in [4.69, 9.17) is 4.74 Å². The average molecular weight is 261 g/mol. The Morgan fingerprint density at radius 1 is 1.26 bits per heavy atom. The van der Waals surface area contributed by atoms with Crippen molar-refractivity contribution in [3.63, 3.8) is 0 Å². The number of halogens is 1. The number of ether oxygens (including phenoxy) is 1. The molecule has 4 heteroatoms. The van der Waals surface area contributed by atoms with E-state index < -0.39 is 11.9 Å². The lowest BCUT2D eigenvalue weighted by Crippen LogP contribution is -2.06. The van der Waals surface area contributed by atoms with Gasteiger partial charge in [0.25, 0.3) is 0 Å². The van der Waals surface area contributed by atoms with E-state index in [1.165, 1.54) is 19.4 Å². The third-order valence-corrected chi connectivity index (χ3v) is 3.04. The Bertz CT molecular complexity index is 558. The van der Waals surface area contributed by atoms with Crippen molar-refractivity contribution in [3.8, 4) is 5.88 Å². The summed E-state index contributed by atoms with van der Waals surface area (Å²) in [5.74, 6) is 0.0536. The van der Waals surface area contributed by atoms with E-state index in [-0.39, 0.29) is 5.56 Å². The fourth-order valence-electron chi connectivity index (χ4n) is 2.11. The summed E-state index contributed by atoms with van der Waals surface area (Å²) < 4.78 is 18.9. The molecule has 0 saturated heterocycles. The van der Waals surface area contributed by atoms with Crippen LogP contribution in [-0.4, -0.2) is 17.2 Å². The first-order valence-electron chi connectivity index (χ1n) is 5.97. The highest BCUT2D eigenvalue weighted by Crippen LogP contribution is 2.28. The minimum atomic E-state index is -1.03. The Hall–Kier alpha value is -1.94. The van der Waals surface area contributed by atoms with Crippen molar-refractivity contribution in [2.75, 3.05) is 7.11 Å². The number of aliphatic hydroxyl groups excluding tert-OH is 1. The van der Waals surface area contributed by atoms with Gasteiger partial charge in [-0.3, -0.25) is 0 Å². The Kier molecular flexibility index (Phi) is 3.81. The summed E-state index contributed by atoms with van der Waals surface area (Å²) in [5, 5.41) is 10.3. The molecule has 0 saturated carbocycles. The van der Waals surface area contributed by atoms with Gasteiger partial charge in [-0.15, -0.1) is 0 Å². The van der Waals surface area contributed by atoms with Crippen LogP contribution in [0, 0.1) is 19.7 Å². The number of hydrogen-bond donors (Lipinski definition) is 1. The predicted molar refractivity (Wildman–Crippen MR) is 70.7 cm³/mol. The first kappa shape index (κ1) is 13.5. The maximum Gasteiger partial charge on any atom is 0.212 e. The zero-order chi connectivity index (χ0) is 14.0. The van der Waals surface area contributed by atoms with Gasteiger partial charge in [0.05, 0.1) is 7.11 Å². The van der Waals surface area contributed by atoms with Crippen LogP contribution >= 0.6 is 0 Å². The van der Waals surface area contributed by atoms with Crippen molar-refractivity contribution < 1.29 is 14.2 Å². The summed E-state index contributed by atoms with van der Waals surface area (Å²) in [4.78, 5) is 4.02. The zero-order valence-electron chi connectivity index (χ0n) is 11.1. The van der Waals surface area contributed by atoms with Gasteiger partial charge in [0.15, 0.2) is 0 Å². The maximum absolute atomic E-state index is 14.0. The molecule has 1 N–H and O–H groups in total. The van der Waals surface area contributed by atoms with Crippen LogP contribution in [0.4, 0.5) is 4.39 Å². The van der Waals surface area contributed by atoms with Gasteiger partial charge in [-0.1, -0.05) is 6.07 Å². The molecule has 100 valence electrons. The summed E-state index contributed by atoms with van der Waals surface area (Å²) in [7, 11) is 1.52. The van der Waals surface area contributed by atoms with E-state index in [0.717, 1.165) is 11.1 Å². The number of aryl methyl sites for hydroxylation is 2. The topological polar surface area (TPSA) is 42.4 Å². The molecule has 1 aromatic heterocycles. The molecule has 1 heterocycles. The van der Waals surface area contributed by atoms with E-state index in [0.29, 0.717) is 11.4 Å². The molecule has 0 aliphatic rings. The second-order valence-corrected chi connectivity index (χ2v) is 4.51. The van der Waals surface area contributed by atoms with Crippen molar-refractivity contribution in [2.24, 2.45) is 0 Å². The molecule has 1 atom stereocenters. The largest absolute Gasteiger partial charge is 0.481 e. The molecular weight excluding hydrogens is 245 g/mol. The van der Waals surface area contributed by atoms with Crippen molar-refractivity contribution >= 4 is 0 Å². The van der Waals surface area contributed by atoms with Crippen LogP contribution < -0.4 is 4.74 Å². The number of methoxy groups -OCH3 is 1. The lowest BCUT2D eigenvalue weighted by molar-refractivity contribution is 0.213. The summed E-state index contributed by atoms with van der Waals surface area (Å²) in [6.45, 7) is 3.60. The highest BCUT2D eigenvalue weighted by Gasteiger charge is 2.18. The van der Waals surface area contributed by atoms with Crippen LogP contribution in [0.3, 0.4) is 0 Å². The second-order valence-electron chi connectivity index (χ2n) is 4.51. The number of hydrogen-bond acceptors (Lipinski definition) is 3. The standard InChI is InChI=1S/C15H16FNO2/c1-9-6-10(2)14(12(16)7-9)15(18)11-4-5-13(19-3)17-8-11/h4-8,15,18H,1-3H3. The lowest BCUT2D eigenvalue weighted by atomic mass is 9.96. The van der Waals surface area contributed by atoms with Gasteiger partial charge >= 0.3 is 0 Å². The van der Waals surface area contributed by atoms with E-state index in [1.54, 1.807) is 19.1 Å². The minimum absolute atomic E-state index is 0.289. The van der Waals surface area contributed by atoms with Crippen molar-refractivity contribution in [3.05, 3.63) is 58.5 Å². The van der Waals surface area contributed by atoms with E-state index in [2.05, 4.69) is 4.98 Å². The monoisotopic (exact) mass is 261 g/mol. The van der Waals surface area contributed by atoms with E-state index in [1.807, 2.05) is 13.0 Å². The third-order valence-electron chi connectivity index (χ3n) is 3.04. The van der Waals surface area contributed by atoms with Gasteiger partial charge in [0, 0.05) is 23.4 Å². The summed E-state index contributed by atoms with van der Waals surface area (Å²) in [6, 6.07) is 6.58. The van der Waals surface area contributed by atoms with Crippen LogP contribution in [0.2, 0.25) is 0 Å². The van der Waals surface area contributed by atoms with Crippen molar-refractivity contribution in [1.29, 1.82) is 0 Å². The molecule has 0 radical (unpaired) electrons. The molecule has 0 amide bonds. The SMILES string of the molecule is COc1ccc(C(O)c2c(C)cc(C)cc2F)cn1. The fraction of sp³-hybridized carbons (Fsp3) is 0.267. The Morgan fingerprint density at radius 3 is 2.53 bits per heavy atom. The molecule has 19 heavy (non-hydrogen) atoms. The molecule has 0 aliphatic heterocycles. The number of aliphatic hydroxyl groups is 1. The second kappa shape index (κ2) is 5.36. The minimum Gasteiger partial charge on any atom is -0.481 e. The van der Waals surface area contributed by atoms with Crippen LogP contribution in [0.15, 0.2) is 30.5 Å². The number of nitrogens with zero attached hydrogens (tertiary/aromatic N) is 1. The fourth-order valence-corrected chi connectivity index (χ4v) is 2.11. The quantitative estimate of drug-likeness (QED) is 0.923. The van der Waals surface area contributed by atoms with Crippen molar-refractivity contribution in [2.45, 2.75) is 20.0 Å². The molecule has 1 unspecified atom stereocenters. The van der Waals surface area contributed by atoms with Gasteiger partial charge in [-0.05, 0) is 37.1 Å². The normalized spacial score (nSPS) is 12.3. The van der Waals surface area contributed by atoms with Crippen LogP contribution in [-0.2, 0) is 0 Å². The predicted octanol–water partition coefficient (Wildman–Crippen LogP) is 2.93. The van der Waals surface area contributed by atoms with Gasteiger partial charge in [0.1, 0.15) is 11.9 Å². The van der Waals surface area contributed by atoms with Gasteiger partial charge in [0.2, 0.25) is 5.88 Å². The van der Waals surface area contributed by atoms with E-state index in [9.17, 15) is 9.50 Å². The van der Waals surface area contributed by atoms with Crippen LogP contribution in [0.25, 0.3) is 0 Å². The first-order valence-corrected chi connectivity index (χ1v) is 5.97. The summed E-state index contributed by atoms with van der Waals surface area (Å²) >= 11 is 0. The molecule has 3 nitrogen and oxygen atoms in total. The number of benzene rings is 1. The first-order chi connectivity index (χ1) is 9.02. The third kappa shape index (κ3) is 2.74. The summed E-state index contributed by atoms with van der Waals surface area (Å²) in [6.07, 6.45) is 0.460. The van der Waals surface area contributed by atoms with Gasteiger partial charge in [-0.2, -0.15) is 0 Å². The molecular formula is C15H16FNO2. The van der Waals surface area contributed by atoms with Crippen LogP contribution in [0.1, 0.15) is 28.4 Å². The molecule has 1 aromatic carbocycles. The van der Waals surface area contributed by atoms with Crippen LogP contribution in [0.5, 0.6) is 5.88 Å². The molecule has 0 aliphatic carbocycles. The molecule has 0 spiro atoms. The smallest absolute Gasteiger partial charge is 0.212 e. The number of rotatable bonds is 3. The lowest BCUT2D eigenvalue weighted by Gasteiger charge is -2.15. The Balaban J connectivity index is 2.40. The molecule has 2 aromatic rings. The maximum atomic E-state index is 14.0. The van der Waals surface area contributed by atoms with E-state index >= 15 is 0 Å². The molecule has 0 bridgehead atoms. The average Bonchev–Trinajstić information content (AvgIpc) is 2.37. The number of aromatic nitrogens is 1. The highest BCUT2D eigenvalue weighted by molar-refractivity contribution is 5.38. The Labute approximate surface area is 111 Å². The Morgan fingerprint density at radius 2 is 2.00 bits per heavy atom. The molecule has 0 fully saturated rings. The molecule has 2 rings (SSSR count). The van der Waals surface area contributed by atoms with Crippen molar-refractivity contribution in [1.82, 2.24) is 4.98 Å². The zero-order valence-corrected chi connectivity index (χ0v) is 11.1. The van der Waals surface area contributed by atoms with Gasteiger partial charge < -0.3 is 9.84 Å². The number of pyridine rings is 1. The highest BCUT2D eigenvalue weighted by atomic mass is 19.1. The van der Waals surface area contributed by atoms with Gasteiger partial charge in [-0.25, -0.2) is 9.37 Å². The summed E-state index contributed by atoms with van der Waals surface area (Å²) in [5.41, 5.74) is 2.38.